The molecule has 1 aromatic heterocycles. The second-order valence-electron chi connectivity index (χ2n) is 19.5. The first kappa shape index (κ1) is 35.7. The fourth-order valence-corrected chi connectivity index (χ4v) is 11.9. The Balaban J connectivity index is 1.09. The monoisotopic (exact) mass is 795 g/mol. The Hall–Kier alpha value is -7.03. The zero-order valence-corrected chi connectivity index (χ0v) is 35.9. The minimum Gasteiger partial charge on any atom is -0.436 e. The Morgan fingerprint density at radius 2 is 0.758 bits per heavy atom. The molecule has 0 fully saturated rings. The quantitative estimate of drug-likeness (QED) is 0.167. The Labute approximate surface area is 362 Å². The third-order valence-corrected chi connectivity index (χ3v) is 15.1. The summed E-state index contributed by atoms with van der Waals surface area (Å²) in [6.07, 6.45) is 0. The predicted molar refractivity (Wildman–Crippen MR) is 258 cm³/mol. The summed E-state index contributed by atoms with van der Waals surface area (Å²) in [4.78, 5) is 4.90. The molecule has 0 amide bonds. The molecular formula is C60H45NO. The second kappa shape index (κ2) is 12.1. The van der Waals surface area contributed by atoms with Gasteiger partial charge in [0.05, 0.1) is 0 Å². The second-order valence-corrected chi connectivity index (χ2v) is 19.5. The molecule has 0 saturated carbocycles. The number of benzene rings is 9. The number of fused-ring (bicyclic) bond motifs is 12. The molecule has 0 radical (unpaired) electrons. The van der Waals surface area contributed by atoms with Crippen LogP contribution in [0.2, 0.25) is 0 Å². The molecule has 296 valence electrons. The Kier molecular flexibility index (Phi) is 6.95. The fourth-order valence-electron chi connectivity index (χ4n) is 11.9. The Morgan fingerprint density at radius 1 is 0.339 bits per heavy atom. The first-order chi connectivity index (χ1) is 30.0. The van der Waals surface area contributed by atoms with Gasteiger partial charge in [0.15, 0.2) is 5.58 Å². The molecule has 3 aliphatic rings. The highest BCUT2D eigenvalue weighted by Crippen LogP contribution is 2.56. The summed E-state index contributed by atoms with van der Waals surface area (Å²) in [5.41, 5.74) is 23.4. The molecule has 2 heteroatoms. The normalized spacial score (nSPS) is 15.6. The first-order valence-electron chi connectivity index (χ1n) is 22.0. The molecule has 1 heterocycles. The molecule has 0 bridgehead atoms. The van der Waals surface area contributed by atoms with E-state index in [4.69, 9.17) is 9.40 Å². The fraction of sp³-hybridized carbons (Fsp3) is 0.150. The van der Waals surface area contributed by atoms with Crippen molar-refractivity contribution >= 4 is 32.6 Å². The summed E-state index contributed by atoms with van der Waals surface area (Å²) in [6, 6.07) is 61.5. The van der Waals surface area contributed by atoms with Gasteiger partial charge in [0.1, 0.15) is 5.52 Å². The van der Waals surface area contributed by atoms with E-state index in [0.29, 0.717) is 5.89 Å². The molecule has 13 rings (SSSR count). The number of aromatic nitrogens is 1. The van der Waals surface area contributed by atoms with E-state index in [1.165, 1.54) is 111 Å². The molecule has 0 saturated heterocycles. The highest BCUT2D eigenvalue weighted by Gasteiger charge is 2.39. The topological polar surface area (TPSA) is 26.0 Å². The van der Waals surface area contributed by atoms with E-state index in [1.807, 2.05) is 24.3 Å². The summed E-state index contributed by atoms with van der Waals surface area (Å²) in [7, 11) is 0. The van der Waals surface area contributed by atoms with Crippen LogP contribution in [0.15, 0.2) is 168 Å². The lowest BCUT2D eigenvalue weighted by molar-refractivity contribution is 0.618. The molecule has 0 atom stereocenters. The van der Waals surface area contributed by atoms with Gasteiger partial charge in [0.25, 0.3) is 0 Å². The van der Waals surface area contributed by atoms with Gasteiger partial charge in [-0.2, -0.15) is 0 Å². The van der Waals surface area contributed by atoms with Crippen molar-refractivity contribution in [3.63, 3.8) is 0 Å². The van der Waals surface area contributed by atoms with Gasteiger partial charge in [-0.25, -0.2) is 4.98 Å². The van der Waals surface area contributed by atoms with Crippen molar-refractivity contribution in [2.24, 2.45) is 0 Å². The van der Waals surface area contributed by atoms with Crippen LogP contribution in [-0.4, -0.2) is 4.98 Å². The van der Waals surface area contributed by atoms with Crippen LogP contribution >= 0.6 is 0 Å². The van der Waals surface area contributed by atoms with Crippen LogP contribution in [0.4, 0.5) is 0 Å². The minimum atomic E-state index is -0.269. The molecule has 0 N–H and O–H groups in total. The molecule has 3 aliphatic carbocycles. The van der Waals surface area contributed by atoms with Crippen LogP contribution in [0.1, 0.15) is 74.9 Å². The van der Waals surface area contributed by atoms with Crippen LogP contribution in [0.25, 0.3) is 99.7 Å². The zero-order chi connectivity index (χ0) is 41.9. The van der Waals surface area contributed by atoms with E-state index in [9.17, 15) is 0 Å². The average Bonchev–Trinajstić information content (AvgIpc) is 3.96. The van der Waals surface area contributed by atoms with E-state index in [-0.39, 0.29) is 16.2 Å². The summed E-state index contributed by atoms with van der Waals surface area (Å²) in [5, 5.41) is 5.11. The van der Waals surface area contributed by atoms with Gasteiger partial charge >= 0.3 is 0 Å². The third kappa shape index (κ3) is 4.62. The van der Waals surface area contributed by atoms with Crippen molar-refractivity contribution in [1.29, 1.82) is 0 Å². The van der Waals surface area contributed by atoms with Gasteiger partial charge in [-0.15, -0.1) is 0 Å². The Morgan fingerprint density at radius 3 is 1.34 bits per heavy atom. The molecule has 2 nitrogen and oxygen atoms in total. The van der Waals surface area contributed by atoms with E-state index in [2.05, 4.69) is 181 Å². The van der Waals surface area contributed by atoms with Gasteiger partial charge in [0.2, 0.25) is 5.89 Å². The number of para-hydroxylation sites is 2. The number of hydrogen-bond acceptors (Lipinski definition) is 2. The van der Waals surface area contributed by atoms with Gasteiger partial charge in [-0.3, -0.25) is 0 Å². The maximum Gasteiger partial charge on any atom is 0.227 e. The van der Waals surface area contributed by atoms with E-state index >= 15 is 0 Å². The highest BCUT2D eigenvalue weighted by molar-refractivity contribution is 6.23. The molecule has 0 aliphatic heterocycles. The van der Waals surface area contributed by atoms with Crippen LogP contribution in [0, 0.1) is 0 Å². The zero-order valence-electron chi connectivity index (χ0n) is 35.9. The molecule has 0 unspecified atom stereocenters. The first-order valence-corrected chi connectivity index (χ1v) is 22.0. The molecule has 62 heavy (non-hydrogen) atoms. The SMILES string of the molecule is CC1(C)c2ccccc2-c2ccc(-c3c4ccccc4c(-c4ccc5c(c4)C(C)(C)c4ccccc4-5)c4cc5c(cc34)-c3ccc(-c4nc6ccccc6o4)cc3C5(C)C)cc21. The Bertz CT molecular complexity index is 3580. The van der Waals surface area contributed by atoms with E-state index in [1.54, 1.807) is 0 Å². The van der Waals surface area contributed by atoms with Gasteiger partial charge in [-0.05, 0) is 159 Å². The summed E-state index contributed by atoms with van der Waals surface area (Å²) in [6.45, 7) is 14.3. The van der Waals surface area contributed by atoms with Gasteiger partial charge in [-0.1, -0.05) is 157 Å². The maximum atomic E-state index is 6.32. The minimum absolute atomic E-state index is 0.112. The van der Waals surface area contributed by atoms with Crippen molar-refractivity contribution < 1.29 is 4.42 Å². The predicted octanol–water partition coefficient (Wildman–Crippen LogP) is 16.1. The summed E-state index contributed by atoms with van der Waals surface area (Å²) < 4.78 is 6.32. The maximum absolute atomic E-state index is 6.32. The highest BCUT2D eigenvalue weighted by atomic mass is 16.3. The summed E-state index contributed by atoms with van der Waals surface area (Å²) >= 11 is 0. The molecule has 9 aromatic carbocycles. The van der Waals surface area contributed by atoms with Crippen LogP contribution in [-0.2, 0) is 16.2 Å². The van der Waals surface area contributed by atoms with Crippen molar-refractivity contribution in [1.82, 2.24) is 4.98 Å². The number of oxazole rings is 1. The smallest absolute Gasteiger partial charge is 0.227 e. The van der Waals surface area contributed by atoms with Crippen LogP contribution < -0.4 is 0 Å². The van der Waals surface area contributed by atoms with Crippen LogP contribution in [0.3, 0.4) is 0 Å². The largest absolute Gasteiger partial charge is 0.436 e. The lowest BCUT2D eigenvalue weighted by Crippen LogP contribution is -2.15. The van der Waals surface area contributed by atoms with Crippen molar-refractivity contribution in [3.8, 4) is 67.1 Å². The number of hydrogen-bond donors (Lipinski definition) is 0. The molecule has 10 aromatic rings. The van der Waals surface area contributed by atoms with Crippen molar-refractivity contribution in [3.05, 3.63) is 197 Å². The van der Waals surface area contributed by atoms with E-state index < -0.39 is 0 Å². The standard InChI is InChI=1S/C60H45NO/c1-58(2)47-19-11-9-15-37(47)39-26-23-34(29-49(39)58)55-42-17-7-8-18-43(42)56(35-24-27-40-38-16-10-12-20-48(38)59(3,4)50(40)30-35)46-33-52-44(32-45(46)55)41-28-25-36(31-51(41)60(52,5)6)57-61-53-21-13-14-22-54(53)62-57/h7-33H,1-6H3. The lowest BCUT2D eigenvalue weighted by atomic mass is 9.78. The number of rotatable bonds is 3. The number of nitrogens with zero attached hydrogens (tertiary/aromatic N) is 1. The van der Waals surface area contributed by atoms with Crippen molar-refractivity contribution in [2.45, 2.75) is 57.8 Å². The molecular weight excluding hydrogens is 751 g/mol. The third-order valence-electron chi connectivity index (χ3n) is 15.1. The van der Waals surface area contributed by atoms with E-state index in [0.717, 1.165) is 16.7 Å². The van der Waals surface area contributed by atoms with Crippen LogP contribution in [0.5, 0.6) is 0 Å². The van der Waals surface area contributed by atoms with Crippen molar-refractivity contribution in [2.75, 3.05) is 0 Å². The van der Waals surface area contributed by atoms with Gasteiger partial charge in [0, 0.05) is 21.8 Å². The lowest BCUT2D eigenvalue weighted by Gasteiger charge is -2.25. The molecule has 0 spiro atoms. The summed E-state index contributed by atoms with van der Waals surface area (Å²) in [5.74, 6) is 0.658. The average molecular weight is 796 g/mol. The van der Waals surface area contributed by atoms with Gasteiger partial charge < -0.3 is 4.42 Å².